The number of ether oxygens (including phenoxy) is 1. The molecule has 7 heteroatoms. The molecule has 0 aliphatic rings. The zero-order valence-corrected chi connectivity index (χ0v) is 18.4. The molecule has 2 N–H and O–H groups in total. The van der Waals surface area contributed by atoms with Crippen LogP contribution in [0.2, 0.25) is 0 Å². The van der Waals surface area contributed by atoms with Crippen LogP contribution in [-0.2, 0) is 12.0 Å². The monoisotopic (exact) mass is 421 g/mol. The van der Waals surface area contributed by atoms with Crippen molar-refractivity contribution >= 4 is 11.8 Å². The van der Waals surface area contributed by atoms with Gasteiger partial charge in [-0.1, -0.05) is 44.1 Å². The molecule has 0 radical (unpaired) electrons. The number of amides is 2. The summed E-state index contributed by atoms with van der Waals surface area (Å²) in [7, 11) is 0. The molecule has 0 aliphatic carbocycles. The van der Waals surface area contributed by atoms with E-state index in [-0.39, 0.29) is 17.9 Å². The zero-order chi connectivity index (χ0) is 22.6. The van der Waals surface area contributed by atoms with Crippen LogP contribution in [0.15, 0.2) is 53.1 Å². The molecule has 2 amide bonds. The lowest BCUT2D eigenvalue weighted by atomic mass is 9.87. The van der Waals surface area contributed by atoms with E-state index in [1.807, 2.05) is 26.0 Å². The number of hydrogen-bond acceptors (Lipinski definition) is 5. The van der Waals surface area contributed by atoms with Gasteiger partial charge >= 0.3 is 0 Å². The third kappa shape index (κ3) is 5.51. The van der Waals surface area contributed by atoms with E-state index in [2.05, 4.69) is 36.8 Å². The van der Waals surface area contributed by atoms with Gasteiger partial charge in [-0.25, -0.2) is 0 Å². The fraction of sp³-hybridized carbons (Fsp3) is 0.292. The Morgan fingerprint density at radius 3 is 2.19 bits per heavy atom. The van der Waals surface area contributed by atoms with Gasteiger partial charge in [-0.15, -0.1) is 0 Å². The number of hydrazine groups is 1. The highest BCUT2D eigenvalue weighted by Gasteiger charge is 2.15. The summed E-state index contributed by atoms with van der Waals surface area (Å²) in [4.78, 5) is 24.8. The fourth-order valence-electron chi connectivity index (χ4n) is 2.97. The van der Waals surface area contributed by atoms with Gasteiger partial charge in [0.25, 0.3) is 11.8 Å². The van der Waals surface area contributed by atoms with E-state index in [9.17, 15) is 9.59 Å². The highest BCUT2D eigenvalue weighted by Crippen LogP contribution is 2.22. The number of rotatable bonds is 5. The minimum absolute atomic E-state index is 0.00181. The van der Waals surface area contributed by atoms with Gasteiger partial charge in [-0.05, 0) is 55.2 Å². The molecular formula is C24H27N3O4. The Labute approximate surface area is 181 Å². The highest BCUT2D eigenvalue weighted by molar-refractivity contribution is 5.99. The van der Waals surface area contributed by atoms with Crippen molar-refractivity contribution in [3.8, 4) is 5.75 Å². The largest absolute Gasteiger partial charge is 0.489 e. The van der Waals surface area contributed by atoms with Gasteiger partial charge in [0.05, 0.1) is 11.3 Å². The normalized spacial score (nSPS) is 11.1. The number of carbonyl (C=O) groups excluding carboxylic acids is 2. The summed E-state index contributed by atoms with van der Waals surface area (Å²) in [5.41, 5.74) is 8.48. The van der Waals surface area contributed by atoms with Crippen LogP contribution in [0.4, 0.5) is 0 Å². The van der Waals surface area contributed by atoms with E-state index in [1.165, 1.54) is 0 Å². The van der Waals surface area contributed by atoms with Crippen LogP contribution in [0.3, 0.4) is 0 Å². The molecule has 162 valence electrons. The van der Waals surface area contributed by atoms with Crippen molar-refractivity contribution in [2.75, 3.05) is 0 Å². The molecule has 0 aliphatic heterocycles. The van der Waals surface area contributed by atoms with Crippen molar-refractivity contribution < 1.29 is 18.8 Å². The maximum Gasteiger partial charge on any atom is 0.269 e. The van der Waals surface area contributed by atoms with Crippen molar-refractivity contribution in [1.82, 2.24) is 16.0 Å². The molecule has 2 aromatic carbocycles. The molecule has 0 fully saturated rings. The van der Waals surface area contributed by atoms with Gasteiger partial charge < -0.3 is 9.26 Å². The smallest absolute Gasteiger partial charge is 0.269 e. The van der Waals surface area contributed by atoms with E-state index in [0.717, 1.165) is 16.8 Å². The molecule has 31 heavy (non-hydrogen) atoms. The average molecular weight is 421 g/mol. The van der Waals surface area contributed by atoms with Gasteiger partial charge in [0.15, 0.2) is 0 Å². The molecular weight excluding hydrogens is 394 g/mol. The fourth-order valence-corrected chi connectivity index (χ4v) is 2.97. The second-order valence-electron chi connectivity index (χ2n) is 8.35. The molecule has 0 saturated heterocycles. The van der Waals surface area contributed by atoms with Crippen molar-refractivity contribution in [3.05, 3.63) is 82.2 Å². The van der Waals surface area contributed by atoms with Crippen LogP contribution >= 0.6 is 0 Å². The molecule has 3 rings (SSSR count). The lowest BCUT2D eigenvalue weighted by Gasteiger charge is -2.19. The molecule has 0 atom stereocenters. The van der Waals surface area contributed by atoms with E-state index < -0.39 is 5.91 Å². The van der Waals surface area contributed by atoms with Gasteiger partial charge in [0.2, 0.25) is 0 Å². The van der Waals surface area contributed by atoms with Crippen molar-refractivity contribution in [3.63, 3.8) is 0 Å². The summed E-state index contributed by atoms with van der Waals surface area (Å²) < 4.78 is 10.9. The minimum Gasteiger partial charge on any atom is -0.489 e. The molecule has 3 aromatic rings. The maximum absolute atomic E-state index is 12.5. The summed E-state index contributed by atoms with van der Waals surface area (Å²) in [6.45, 7) is 10.3. The van der Waals surface area contributed by atoms with Gasteiger partial charge in [0, 0.05) is 11.1 Å². The average Bonchev–Trinajstić information content (AvgIpc) is 3.07. The molecule has 0 unspecified atom stereocenters. The molecule has 7 nitrogen and oxygen atoms in total. The standard InChI is InChI=1S/C24H27N3O4/c1-15-21(16(2)31-27-15)14-30-20-8-6-7-18(13-20)23(29)26-25-22(28)17-9-11-19(12-10-17)24(3,4)5/h6-13H,14H2,1-5H3,(H,25,28)(H,26,29). The third-order valence-electron chi connectivity index (χ3n) is 4.96. The van der Waals surface area contributed by atoms with Crippen molar-refractivity contribution in [1.29, 1.82) is 0 Å². The first-order chi connectivity index (χ1) is 14.6. The Bertz CT molecular complexity index is 1060. The van der Waals surface area contributed by atoms with E-state index in [4.69, 9.17) is 9.26 Å². The van der Waals surface area contributed by atoms with E-state index in [1.54, 1.807) is 36.4 Å². The minimum atomic E-state index is -0.442. The van der Waals surface area contributed by atoms with Crippen LogP contribution in [-0.4, -0.2) is 17.0 Å². The van der Waals surface area contributed by atoms with Gasteiger partial charge in [-0.3, -0.25) is 20.4 Å². The lowest BCUT2D eigenvalue weighted by molar-refractivity contribution is 0.0846. The van der Waals surface area contributed by atoms with Crippen LogP contribution < -0.4 is 15.6 Å². The Morgan fingerprint density at radius 1 is 0.968 bits per heavy atom. The summed E-state index contributed by atoms with van der Waals surface area (Å²) in [6, 6.07) is 14.0. The first kappa shape index (κ1) is 22.1. The number of aryl methyl sites for hydroxylation is 2. The number of aromatic nitrogens is 1. The van der Waals surface area contributed by atoms with E-state index in [0.29, 0.717) is 22.6 Å². The Morgan fingerprint density at radius 2 is 1.61 bits per heavy atom. The first-order valence-corrected chi connectivity index (χ1v) is 10.0. The number of benzene rings is 2. The Balaban J connectivity index is 1.58. The van der Waals surface area contributed by atoms with Crippen molar-refractivity contribution in [2.45, 2.75) is 46.6 Å². The Kier molecular flexibility index (Phi) is 6.44. The predicted octanol–water partition coefficient (Wildman–Crippen LogP) is 4.24. The lowest BCUT2D eigenvalue weighted by Crippen LogP contribution is -2.41. The quantitative estimate of drug-likeness (QED) is 0.601. The third-order valence-corrected chi connectivity index (χ3v) is 4.96. The number of nitrogens with zero attached hydrogens (tertiary/aromatic N) is 1. The maximum atomic E-state index is 12.5. The first-order valence-electron chi connectivity index (χ1n) is 10.0. The molecule has 1 heterocycles. The van der Waals surface area contributed by atoms with Crippen LogP contribution in [0.1, 0.15) is 64.1 Å². The van der Waals surface area contributed by atoms with Gasteiger partial charge in [-0.2, -0.15) is 0 Å². The second kappa shape index (κ2) is 9.04. The second-order valence-corrected chi connectivity index (χ2v) is 8.35. The summed E-state index contributed by atoms with van der Waals surface area (Å²) in [6.07, 6.45) is 0. The number of carbonyl (C=O) groups is 2. The summed E-state index contributed by atoms with van der Waals surface area (Å²) >= 11 is 0. The topological polar surface area (TPSA) is 93.5 Å². The number of nitrogens with one attached hydrogen (secondary N) is 2. The van der Waals surface area contributed by atoms with Crippen LogP contribution in [0.5, 0.6) is 5.75 Å². The van der Waals surface area contributed by atoms with Crippen LogP contribution in [0.25, 0.3) is 0 Å². The molecule has 0 saturated carbocycles. The summed E-state index contributed by atoms with van der Waals surface area (Å²) in [5.74, 6) is 0.392. The highest BCUT2D eigenvalue weighted by atomic mass is 16.5. The van der Waals surface area contributed by atoms with E-state index >= 15 is 0 Å². The predicted molar refractivity (Wildman–Crippen MR) is 117 cm³/mol. The van der Waals surface area contributed by atoms with Crippen molar-refractivity contribution in [2.24, 2.45) is 0 Å². The van der Waals surface area contributed by atoms with Gasteiger partial charge in [0.1, 0.15) is 18.1 Å². The van der Waals surface area contributed by atoms with Crippen LogP contribution in [0, 0.1) is 13.8 Å². The zero-order valence-electron chi connectivity index (χ0n) is 18.4. The molecule has 0 bridgehead atoms. The SMILES string of the molecule is Cc1noc(C)c1COc1cccc(C(=O)NNC(=O)c2ccc(C(C)(C)C)cc2)c1. The number of hydrogen-bond donors (Lipinski definition) is 2. The Hall–Kier alpha value is -3.61. The summed E-state index contributed by atoms with van der Waals surface area (Å²) in [5, 5.41) is 3.90. The molecule has 1 aromatic heterocycles. The molecule has 0 spiro atoms.